The van der Waals surface area contributed by atoms with E-state index in [1.165, 1.54) is 0 Å². The minimum absolute atomic E-state index is 0.176. The first-order valence-corrected chi connectivity index (χ1v) is 5.67. The van der Waals surface area contributed by atoms with Crippen LogP contribution in [0.3, 0.4) is 0 Å². The molecular weight excluding hydrogens is 218 g/mol. The van der Waals surface area contributed by atoms with E-state index in [0.29, 0.717) is 12.8 Å². The summed E-state index contributed by atoms with van der Waals surface area (Å²) in [5, 5.41) is 18.2. The summed E-state index contributed by atoms with van der Waals surface area (Å²) in [5.41, 5.74) is 7.73. The van der Waals surface area contributed by atoms with E-state index in [9.17, 15) is 9.90 Å². The normalized spacial score (nSPS) is 14.3. The van der Waals surface area contributed by atoms with Gasteiger partial charge in [-0.25, -0.2) is 0 Å². The van der Waals surface area contributed by atoms with Gasteiger partial charge in [-0.3, -0.25) is 4.79 Å². The highest BCUT2D eigenvalue weighted by Crippen LogP contribution is 2.18. The molecule has 2 atom stereocenters. The van der Waals surface area contributed by atoms with Crippen molar-refractivity contribution < 1.29 is 15.0 Å². The van der Waals surface area contributed by atoms with E-state index in [4.69, 9.17) is 10.8 Å². The molecule has 0 aliphatic rings. The first kappa shape index (κ1) is 13.5. The van der Waals surface area contributed by atoms with Crippen LogP contribution in [0.4, 0.5) is 0 Å². The van der Waals surface area contributed by atoms with Crippen LogP contribution >= 0.6 is 0 Å². The van der Waals surface area contributed by atoms with E-state index in [2.05, 4.69) is 0 Å². The maximum Gasteiger partial charge on any atom is 0.306 e. The molecule has 0 aliphatic heterocycles. The maximum absolute atomic E-state index is 10.7. The molecule has 0 saturated heterocycles. The predicted octanol–water partition coefficient (Wildman–Crippen LogP) is 1.68. The zero-order chi connectivity index (χ0) is 13.0. The summed E-state index contributed by atoms with van der Waals surface area (Å²) >= 11 is 0. The molecule has 17 heavy (non-hydrogen) atoms. The van der Waals surface area contributed by atoms with Gasteiger partial charge in [0.25, 0.3) is 0 Å². The fraction of sp³-hybridized carbons (Fsp3) is 0.462. The number of carboxylic acid groups (broad SMARTS) is 1. The Bertz CT molecular complexity index is 404. The summed E-state index contributed by atoms with van der Waals surface area (Å²) in [6.07, 6.45) is 1.08. The van der Waals surface area contributed by atoms with Crippen molar-refractivity contribution >= 4 is 5.97 Å². The molecule has 1 unspecified atom stereocenters. The topological polar surface area (TPSA) is 83.6 Å². The largest absolute Gasteiger partial charge is 0.508 e. The number of aliphatic carboxylic acids is 1. The lowest BCUT2D eigenvalue weighted by Gasteiger charge is -2.14. The van der Waals surface area contributed by atoms with Gasteiger partial charge in [-0.1, -0.05) is 19.1 Å². The Morgan fingerprint density at radius 3 is 2.65 bits per heavy atom. The van der Waals surface area contributed by atoms with Gasteiger partial charge in [0.2, 0.25) is 0 Å². The summed E-state index contributed by atoms with van der Waals surface area (Å²) in [6, 6.07) is 5.15. The monoisotopic (exact) mass is 237 g/mol. The van der Waals surface area contributed by atoms with Crippen LogP contribution < -0.4 is 5.73 Å². The number of nitrogens with two attached hydrogens (primary N) is 1. The number of rotatable bonds is 5. The maximum atomic E-state index is 10.7. The lowest BCUT2D eigenvalue weighted by molar-refractivity contribution is -0.141. The molecule has 4 nitrogen and oxygen atoms in total. The van der Waals surface area contributed by atoms with E-state index >= 15 is 0 Å². The van der Waals surface area contributed by atoms with Crippen LogP contribution in [-0.2, 0) is 11.2 Å². The second kappa shape index (κ2) is 5.68. The SMILES string of the molecule is Cc1cc(C[C@H](N)CC(C)C(=O)O)ccc1O. The van der Waals surface area contributed by atoms with Crippen LogP contribution in [0.5, 0.6) is 5.75 Å². The molecule has 0 amide bonds. The highest BCUT2D eigenvalue weighted by Gasteiger charge is 2.15. The average molecular weight is 237 g/mol. The average Bonchev–Trinajstić information content (AvgIpc) is 2.23. The van der Waals surface area contributed by atoms with Crippen LogP contribution in [0.1, 0.15) is 24.5 Å². The number of hydrogen-bond donors (Lipinski definition) is 3. The molecule has 0 aliphatic carbocycles. The first-order chi connectivity index (χ1) is 7.90. The van der Waals surface area contributed by atoms with Crippen molar-refractivity contribution in [3.05, 3.63) is 29.3 Å². The van der Waals surface area contributed by atoms with Crippen molar-refractivity contribution in [3.8, 4) is 5.75 Å². The number of phenols is 1. The number of benzene rings is 1. The number of carboxylic acids is 1. The van der Waals surface area contributed by atoms with Crippen molar-refractivity contribution in [2.24, 2.45) is 11.7 Å². The van der Waals surface area contributed by atoms with Gasteiger partial charge in [-0.05, 0) is 37.0 Å². The van der Waals surface area contributed by atoms with E-state index in [0.717, 1.165) is 11.1 Å². The highest BCUT2D eigenvalue weighted by atomic mass is 16.4. The van der Waals surface area contributed by atoms with Gasteiger partial charge in [0.15, 0.2) is 0 Å². The second-order valence-electron chi connectivity index (χ2n) is 4.56. The summed E-state index contributed by atoms with van der Waals surface area (Å²) < 4.78 is 0. The minimum atomic E-state index is -0.817. The quantitative estimate of drug-likeness (QED) is 0.727. The number of aryl methyl sites for hydroxylation is 1. The minimum Gasteiger partial charge on any atom is -0.508 e. The summed E-state index contributed by atoms with van der Waals surface area (Å²) in [7, 11) is 0. The fourth-order valence-electron chi connectivity index (χ4n) is 1.79. The smallest absolute Gasteiger partial charge is 0.306 e. The molecule has 4 heteroatoms. The van der Waals surface area contributed by atoms with E-state index in [1.807, 2.05) is 19.1 Å². The molecule has 1 aromatic carbocycles. The van der Waals surface area contributed by atoms with Crippen LogP contribution in [0.25, 0.3) is 0 Å². The van der Waals surface area contributed by atoms with Gasteiger partial charge in [0.1, 0.15) is 5.75 Å². The lowest BCUT2D eigenvalue weighted by atomic mass is 9.96. The standard InChI is InChI=1S/C13H19NO3/c1-8-5-10(3-4-12(8)15)7-11(14)6-9(2)13(16)17/h3-5,9,11,15H,6-7,14H2,1-2H3,(H,16,17)/t9?,11-/m1/s1. The van der Waals surface area contributed by atoms with Gasteiger partial charge in [-0.2, -0.15) is 0 Å². The van der Waals surface area contributed by atoms with Crippen LogP contribution in [0.2, 0.25) is 0 Å². The van der Waals surface area contributed by atoms with Gasteiger partial charge >= 0.3 is 5.97 Å². The molecule has 0 aromatic heterocycles. The molecule has 1 aromatic rings. The van der Waals surface area contributed by atoms with E-state index in [1.54, 1.807) is 13.0 Å². The Hall–Kier alpha value is -1.55. The van der Waals surface area contributed by atoms with Crippen molar-refractivity contribution in [2.75, 3.05) is 0 Å². The molecule has 0 spiro atoms. The summed E-state index contributed by atoms with van der Waals surface area (Å²) in [5.74, 6) is -0.980. The number of carbonyl (C=O) groups is 1. The van der Waals surface area contributed by atoms with Crippen molar-refractivity contribution in [1.82, 2.24) is 0 Å². The van der Waals surface area contributed by atoms with Gasteiger partial charge in [0.05, 0.1) is 5.92 Å². The van der Waals surface area contributed by atoms with Gasteiger partial charge in [0, 0.05) is 6.04 Å². The van der Waals surface area contributed by atoms with Gasteiger partial charge in [-0.15, -0.1) is 0 Å². The molecule has 1 rings (SSSR count). The molecule has 4 N–H and O–H groups in total. The van der Waals surface area contributed by atoms with Crippen molar-refractivity contribution in [3.63, 3.8) is 0 Å². The molecular formula is C13H19NO3. The Balaban J connectivity index is 2.58. The van der Waals surface area contributed by atoms with Crippen LogP contribution in [0, 0.1) is 12.8 Å². The molecule has 0 bridgehead atoms. The third-order valence-electron chi connectivity index (χ3n) is 2.84. The molecule has 0 saturated carbocycles. The van der Waals surface area contributed by atoms with Crippen LogP contribution in [-0.4, -0.2) is 22.2 Å². The molecule has 0 fully saturated rings. The van der Waals surface area contributed by atoms with E-state index < -0.39 is 11.9 Å². The first-order valence-electron chi connectivity index (χ1n) is 5.67. The summed E-state index contributed by atoms with van der Waals surface area (Å²) in [4.78, 5) is 10.7. The molecule has 0 heterocycles. The Morgan fingerprint density at radius 1 is 1.47 bits per heavy atom. The van der Waals surface area contributed by atoms with Gasteiger partial charge < -0.3 is 15.9 Å². The second-order valence-corrected chi connectivity index (χ2v) is 4.56. The van der Waals surface area contributed by atoms with Crippen molar-refractivity contribution in [2.45, 2.75) is 32.7 Å². The molecule has 94 valence electrons. The van der Waals surface area contributed by atoms with E-state index in [-0.39, 0.29) is 11.8 Å². The lowest BCUT2D eigenvalue weighted by Crippen LogP contribution is -2.28. The Labute approximate surface area is 101 Å². The van der Waals surface area contributed by atoms with Crippen LogP contribution in [0.15, 0.2) is 18.2 Å². The number of phenolic OH excluding ortho intramolecular Hbond substituents is 1. The molecule has 0 radical (unpaired) electrons. The predicted molar refractivity (Wildman–Crippen MR) is 65.9 cm³/mol. The summed E-state index contributed by atoms with van der Waals surface area (Å²) in [6.45, 7) is 3.48. The number of hydrogen-bond acceptors (Lipinski definition) is 3. The van der Waals surface area contributed by atoms with Crippen molar-refractivity contribution in [1.29, 1.82) is 0 Å². The third kappa shape index (κ3) is 4.07. The zero-order valence-electron chi connectivity index (χ0n) is 10.2. The zero-order valence-corrected chi connectivity index (χ0v) is 10.2. The highest BCUT2D eigenvalue weighted by molar-refractivity contribution is 5.69. The third-order valence-corrected chi connectivity index (χ3v) is 2.84. The number of aromatic hydroxyl groups is 1. The Kier molecular flexibility index (Phi) is 4.52. The Morgan fingerprint density at radius 2 is 2.12 bits per heavy atom. The fourth-order valence-corrected chi connectivity index (χ4v) is 1.79.